The molecule has 0 aliphatic carbocycles. The number of aromatic nitrogens is 1. The monoisotopic (exact) mass is 579 g/mol. The highest BCUT2D eigenvalue weighted by Gasteiger charge is 2.35. The standard InChI is InChI=1S/C30H27F6NO2S/c1-17-5-6-18(2)25(13-17)40-26-22-14-21(30(34,35)36)11-12-23(22)37(24(26)15-28(3,4)27(38)39)16-19-7-9-20(10-8-19)29(31,32)33/h5-14H,15-16H2,1-4H3,(H,38,39). The predicted octanol–water partition coefficient (Wildman–Crippen LogP) is 9.15. The zero-order chi connectivity index (χ0) is 29.6. The molecule has 0 radical (unpaired) electrons. The molecule has 0 unspecified atom stereocenters. The summed E-state index contributed by atoms with van der Waals surface area (Å²) in [5.74, 6) is -1.09. The van der Waals surface area contributed by atoms with Crippen LogP contribution in [0.25, 0.3) is 10.9 Å². The minimum Gasteiger partial charge on any atom is -0.481 e. The fourth-order valence-corrected chi connectivity index (χ4v) is 5.69. The van der Waals surface area contributed by atoms with E-state index in [1.807, 2.05) is 32.0 Å². The van der Waals surface area contributed by atoms with Crippen LogP contribution in [0.2, 0.25) is 0 Å². The van der Waals surface area contributed by atoms with Crippen molar-refractivity contribution in [3.05, 3.63) is 94.2 Å². The summed E-state index contributed by atoms with van der Waals surface area (Å²) in [6.07, 6.45) is -9.14. The van der Waals surface area contributed by atoms with Crippen molar-refractivity contribution in [3.63, 3.8) is 0 Å². The van der Waals surface area contributed by atoms with Gasteiger partial charge in [-0.1, -0.05) is 36.0 Å². The normalized spacial score (nSPS) is 12.8. The van der Waals surface area contributed by atoms with Gasteiger partial charge < -0.3 is 9.67 Å². The van der Waals surface area contributed by atoms with Gasteiger partial charge in [-0.3, -0.25) is 4.79 Å². The molecule has 0 fully saturated rings. The Morgan fingerprint density at radius 2 is 1.45 bits per heavy atom. The van der Waals surface area contributed by atoms with Crippen molar-refractivity contribution in [1.29, 1.82) is 0 Å². The molecule has 0 saturated carbocycles. The van der Waals surface area contributed by atoms with Crippen molar-refractivity contribution < 1.29 is 36.2 Å². The highest BCUT2D eigenvalue weighted by Crippen LogP contribution is 2.44. The summed E-state index contributed by atoms with van der Waals surface area (Å²) in [7, 11) is 0. The summed E-state index contributed by atoms with van der Waals surface area (Å²) >= 11 is 1.26. The number of aryl methyl sites for hydroxylation is 2. The van der Waals surface area contributed by atoms with Gasteiger partial charge in [-0.05, 0) is 80.8 Å². The van der Waals surface area contributed by atoms with Crippen molar-refractivity contribution in [2.45, 2.75) is 62.8 Å². The fraction of sp³-hybridized carbons (Fsp3) is 0.300. The Hall–Kier alpha value is -3.40. The van der Waals surface area contributed by atoms with Crippen molar-refractivity contribution >= 4 is 28.6 Å². The Balaban J connectivity index is 1.98. The fourth-order valence-electron chi connectivity index (χ4n) is 4.43. The van der Waals surface area contributed by atoms with Gasteiger partial charge in [0.15, 0.2) is 0 Å². The van der Waals surface area contributed by atoms with E-state index >= 15 is 0 Å². The van der Waals surface area contributed by atoms with Gasteiger partial charge in [0.25, 0.3) is 0 Å². The Bertz CT molecular complexity index is 1570. The quantitative estimate of drug-likeness (QED) is 0.222. The average Bonchev–Trinajstić information content (AvgIpc) is 3.11. The summed E-state index contributed by atoms with van der Waals surface area (Å²) in [6.45, 7) is 6.88. The van der Waals surface area contributed by atoms with Crippen LogP contribution in [0.3, 0.4) is 0 Å². The van der Waals surface area contributed by atoms with Gasteiger partial charge in [-0.2, -0.15) is 26.3 Å². The smallest absolute Gasteiger partial charge is 0.416 e. The molecule has 0 saturated heterocycles. The van der Waals surface area contributed by atoms with Crippen molar-refractivity contribution in [3.8, 4) is 0 Å². The van der Waals surface area contributed by atoms with Gasteiger partial charge in [0.05, 0.1) is 16.5 Å². The first-order chi connectivity index (χ1) is 18.5. The molecule has 10 heteroatoms. The van der Waals surface area contributed by atoms with Crippen LogP contribution in [0.1, 0.15) is 47.4 Å². The van der Waals surface area contributed by atoms with Crippen LogP contribution in [0.15, 0.2) is 70.5 Å². The van der Waals surface area contributed by atoms with Crippen LogP contribution in [-0.4, -0.2) is 15.6 Å². The van der Waals surface area contributed by atoms with Crippen LogP contribution in [0.4, 0.5) is 26.3 Å². The van der Waals surface area contributed by atoms with Crippen LogP contribution >= 0.6 is 11.8 Å². The topological polar surface area (TPSA) is 42.2 Å². The van der Waals surface area contributed by atoms with E-state index in [1.165, 1.54) is 43.8 Å². The van der Waals surface area contributed by atoms with E-state index in [0.717, 1.165) is 40.3 Å². The molecule has 0 bridgehead atoms. The number of nitrogens with zero attached hydrogens (tertiary/aromatic N) is 1. The number of fused-ring (bicyclic) bond motifs is 1. The second kappa shape index (κ2) is 10.5. The maximum atomic E-state index is 13.8. The molecule has 4 aromatic rings. The number of carbonyl (C=O) groups is 1. The molecule has 0 amide bonds. The van der Waals surface area contributed by atoms with Crippen LogP contribution in [0.5, 0.6) is 0 Å². The molecule has 0 aliphatic heterocycles. The van der Waals surface area contributed by atoms with E-state index in [1.54, 1.807) is 4.57 Å². The molecule has 1 aromatic heterocycles. The third-order valence-electron chi connectivity index (χ3n) is 6.81. The number of hydrogen-bond donors (Lipinski definition) is 1. The summed E-state index contributed by atoms with van der Waals surface area (Å²) in [5, 5.41) is 10.2. The lowest BCUT2D eigenvalue weighted by Gasteiger charge is -2.22. The first-order valence-corrected chi connectivity index (χ1v) is 13.2. The zero-order valence-electron chi connectivity index (χ0n) is 22.2. The molecule has 4 rings (SSSR count). The summed E-state index contributed by atoms with van der Waals surface area (Å²) in [4.78, 5) is 13.4. The van der Waals surface area contributed by atoms with E-state index < -0.39 is 34.9 Å². The van der Waals surface area contributed by atoms with Gasteiger partial charge in [0, 0.05) is 39.4 Å². The predicted molar refractivity (Wildman–Crippen MR) is 143 cm³/mol. The number of alkyl halides is 6. The number of carboxylic acid groups (broad SMARTS) is 1. The van der Waals surface area contributed by atoms with Gasteiger partial charge >= 0.3 is 18.3 Å². The number of benzene rings is 3. The van der Waals surface area contributed by atoms with Crippen molar-refractivity contribution in [1.82, 2.24) is 4.57 Å². The van der Waals surface area contributed by atoms with Crippen molar-refractivity contribution in [2.24, 2.45) is 5.41 Å². The largest absolute Gasteiger partial charge is 0.481 e. The third kappa shape index (κ3) is 6.16. The molecule has 40 heavy (non-hydrogen) atoms. The molecule has 0 atom stereocenters. The highest BCUT2D eigenvalue weighted by atomic mass is 32.2. The first kappa shape index (κ1) is 29.6. The molecular formula is C30H27F6NO2S. The SMILES string of the molecule is Cc1ccc(C)c(Sc2c(CC(C)(C)C(=O)O)n(Cc3ccc(C(F)(F)F)cc3)c3ccc(C(F)(F)F)cc23)c1. The van der Waals surface area contributed by atoms with E-state index in [-0.39, 0.29) is 13.0 Å². The number of hydrogen-bond acceptors (Lipinski definition) is 2. The molecule has 1 N–H and O–H groups in total. The van der Waals surface area contributed by atoms with Crippen LogP contribution < -0.4 is 0 Å². The molecule has 212 valence electrons. The maximum absolute atomic E-state index is 13.8. The second-order valence-corrected chi connectivity index (χ2v) is 11.6. The Labute approximate surface area is 231 Å². The van der Waals surface area contributed by atoms with E-state index in [9.17, 15) is 36.2 Å². The number of rotatable bonds is 7. The average molecular weight is 580 g/mol. The number of carboxylic acids is 1. The summed E-state index contributed by atoms with van der Waals surface area (Å²) in [6, 6.07) is 13.7. The van der Waals surface area contributed by atoms with Gasteiger partial charge in [-0.15, -0.1) is 0 Å². The van der Waals surface area contributed by atoms with Crippen LogP contribution in [0, 0.1) is 19.3 Å². The van der Waals surface area contributed by atoms with E-state index in [0.29, 0.717) is 27.1 Å². The first-order valence-electron chi connectivity index (χ1n) is 12.3. The Morgan fingerprint density at radius 3 is 2.02 bits per heavy atom. The lowest BCUT2D eigenvalue weighted by atomic mass is 9.88. The minimum atomic E-state index is -4.61. The minimum absolute atomic E-state index is 0.0216. The van der Waals surface area contributed by atoms with E-state index in [2.05, 4.69) is 0 Å². The van der Waals surface area contributed by atoms with E-state index in [4.69, 9.17) is 0 Å². The lowest BCUT2D eigenvalue weighted by molar-refractivity contribution is -0.147. The zero-order valence-corrected chi connectivity index (χ0v) is 23.0. The molecule has 3 nitrogen and oxygen atoms in total. The molecule has 0 spiro atoms. The summed E-state index contributed by atoms with van der Waals surface area (Å²) < 4.78 is 82.4. The highest BCUT2D eigenvalue weighted by molar-refractivity contribution is 7.99. The molecule has 3 aromatic carbocycles. The molecular weight excluding hydrogens is 552 g/mol. The maximum Gasteiger partial charge on any atom is 0.416 e. The van der Waals surface area contributed by atoms with Crippen molar-refractivity contribution in [2.75, 3.05) is 0 Å². The molecule has 0 aliphatic rings. The van der Waals surface area contributed by atoms with Gasteiger partial charge in [-0.25, -0.2) is 0 Å². The Kier molecular flexibility index (Phi) is 7.79. The third-order valence-corrected chi connectivity index (χ3v) is 8.13. The second-order valence-electron chi connectivity index (χ2n) is 10.5. The van der Waals surface area contributed by atoms with Gasteiger partial charge in [0.1, 0.15) is 0 Å². The number of aliphatic carboxylic acids is 1. The molecule has 1 heterocycles. The lowest BCUT2D eigenvalue weighted by Crippen LogP contribution is -2.27. The van der Waals surface area contributed by atoms with Crippen LogP contribution in [-0.2, 0) is 30.1 Å². The Morgan fingerprint density at radius 1 is 0.850 bits per heavy atom. The number of halogens is 6. The summed E-state index contributed by atoms with van der Waals surface area (Å²) in [5.41, 5.74) is 0.308. The van der Waals surface area contributed by atoms with Gasteiger partial charge in [0.2, 0.25) is 0 Å².